The molecule has 3 nitrogen and oxygen atoms in total. The second-order valence-corrected chi connectivity index (χ2v) is 4.34. The van der Waals surface area contributed by atoms with Gasteiger partial charge < -0.3 is 9.73 Å². The molecule has 0 spiro atoms. The highest BCUT2D eigenvalue weighted by molar-refractivity contribution is 5.78. The van der Waals surface area contributed by atoms with Crippen molar-refractivity contribution >= 4 is 5.91 Å². The van der Waals surface area contributed by atoms with Crippen molar-refractivity contribution in [1.82, 2.24) is 5.32 Å². The van der Waals surface area contributed by atoms with E-state index in [1.807, 2.05) is 32.9 Å². The maximum absolute atomic E-state index is 11.6. The summed E-state index contributed by atoms with van der Waals surface area (Å²) in [6.07, 6.45) is 4.35. The Labute approximate surface area is 97.2 Å². The summed E-state index contributed by atoms with van der Waals surface area (Å²) in [7, 11) is 0. The molecule has 1 amide bonds. The van der Waals surface area contributed by atoms with E-state index in [0.29, 0.717) is 0 Å². The Balaban J connectivity index is 2.25. The Hall–Kier alpha value is -1.25. The number of nitrogens with one attached hydrogen (secondary N) is 1. The highest BCUT2D eigenvalue weighted by Gasteiger charge is 2.13. The van der Waals surface area contributed by atoms with Crippen molar-refractivity contribution in [2.24, 2.45) is 5.92 Å². The normalized spacial score (nSPS) is 14.4. The third kappa shape index (κ3) is 4.09. The zero-order chi connectivity index (χ0) is 12.0. The Bertz CT molecular complexity index is 306. The molecule has 0 bridgehead atoms. The molecule has 16 heavy (non-hydrogen) atoms. The number of rotatable bonds is 6. The van der Waals surface area contributed by atoms with E-state index in [-0.39, 0.29) is 17.9 Å². The van der Waals surface area contributed by atoms with Crippen LogP contribution in [0.3, 0.4) is 0 Å². The van der Waals surface area contributed by atoms with Crippen LogP contribution in [0.25, 0.3) is 0 Å². The molecule has 0 unspecified atom stereocenters. The van der Waals surface area contributed by atoms with Crippen LogP contribution in [0.4, 0.5) is 0 Å². The van der Waals surface area contributed by atoms with E-state index in [0.717, 1.165) is 25.0 Å². The summed E-state index contributed by atoms with van der Waals surface area (Å²) in [5.41, 5.74) is 0. The van der Waals surface area contributed by atoms with Crippen LogP contribution in [-0.2, 0) is 11.2 Å². The largest absolute Gasteiger partial charge is 0.469 e. The molecule has 1 heterocycles. The van der Waals surface area contributed by atoms with E-state index >= 15 is 0 Å². The molecule has 0 fully saturated rings. The second-order valence-electron chi connectivity index (χ2n) is 4.34. The van der Waals surface area contributed by atoms with Gasteiger partial charge in [-0.1, -0.05) is 13.8 Å². The van der Waals surface area contributed by atoms with Crippen LogP contribution >= 0.6 is 0 Å². The molecule has 1 rings (SSSR count). The number of furan rings is 1. The molecule has 0 aliphatic heterocycles. The lowest BCUT2D eigenvalue weighted by Gasteiger charge is -2.16. The molecule has 0 aliphatic rings. The molecular weight excluding hydrogens is 202 g/mol. The summed E-state index contributed by atoms with van der Waals surface area (Å²) in [4.78, 5) is 11.6. The number of carbonyl (C=O) groups is 1. The lowest BCUT2D eigenvalue weighted by atomic mass is 10.1. The lowest BCUT2D eigenvalue weighted by Crippen LogP contribution is -2.36. The van der Waals surface area contributed by atoms with Gasteiger partial charge in [-0.15, -0.1) is 0 Å². The van der Waals surface area contributed by atoms with Gasteiger partial charge in [0.05, 0.1) is 6.26 Å². The van der Waals surface area contributed by atoms with Crippen molar-refractivity contribution < 1.29 is 9.21 Å². The van der Waals surface area contributed by atoms with E-state index < -0.39 is 0 Å². The predicted molar refractivity (Wildman–Crippen MR) is 64.1 cm³/mol. The van der Waals surface area contributed by atoms with Crippen molar-refractivity contribution in [2.75, 3.05) is 0 Å². The van der Waals surface area contributed by atoms with Crippen LogP contribution in [0.15, 0.2) is 22.8 Å². The minimum atomic E-state index is 0.103. The monoisotopic (exact) mass is 223 g/mol. The predicted octanol–water partition coefficient (Wildman–Crippen LogP) is 2.76. The van der Waals surface area contributed by atoms with Crippen molar-refractivity contribution in [3.05, 3.63) is 24.2 Å². The van der Waals surface area contributed by atoms with Crippen LogP contribution in [-0.4, -0.2) is 11.9 Å². The first-order valence-electron chi connectivity index (χ1n) is 5.96. The van der Waals surface area contributed by atoms with Gasteiger partial charge in [0.2, 0.25) is 5.91 Å². The van der Waals surface area contributed by atoms with Gasteiger partial charge >= 0.3 is 0 Å². The van der Waals surface area contributed by atoms with Crippen molar-refractivity contribution in [3.63, 3.8) is 0 Å². The van der Waals surface area contributed by atoms with Crippen LogP contribution in [0.5, 0.6) is 0 Å². The Morgan fingerprint density at radius 1 is 1.50 bits per heavy atom. The van der Waals surface area contributed by atoms with E-state index in [9.17, 15) is 4.79 Å². The maximum Gasteiger partial charge on any atom is 0.223 e. The first-order chi connectivity index (χ1) is 7.63. The highest BCUT2D eigenvalue weighted by atomic mass is 16.3. The van der Waals surface area contributed by atoms with E-state index in [2.05, 4.69) is 5.32 Å². The Kier molecular flexibility index (Phi) is 5.09. The molecule has 1 aromatic heterocycles. The molecule has 0 aromatic carbocycles. The van der Waals surface area contributed by atoms with Crippen LogP contribution in [0.1, 0.15) is 39.4 Å². The topological polar surface area (TPSA) is 42.2 Å². The molecule has 0 saturated heterocycles. The zero-order valence-corrected chi connectivity index (χ0v) is 10.3. The fourth-order valence-electron chi connectivity index (χ4n) is 1.46. The van der Waals surface area contributed by atoms with Gasteiger partial charge in [0.15, 0.2) is 0 Å². The second kappa shape index (κ2) is 6.36. The van der Waals surface area contributed by atoms with Gasteiger partial charge in [-0.25, -0.2) is 0 Å². The van der Waals surface area contributed by atoms with Gasteiger partial charge in [0.1, 0.15) is 5.76 Å². The zero-order valence-electron chi connectivity index (χ0n) is 10.3. The fraction of sp³-hybridized carbons (Fsp3) is 0.615. The number of carbonyl (C=O) groups excluding carboxylic acids is 1. The van der Waals surface area contributed by atoms with Crippen LogP contribution < -0.4 is 5.32 Å². The molecule has 2 atom stereocenters. The third-order valence-corrected chi connectivity index (χ3v) is 2.85. The molecule has 1 aromatic rings. The summed E-state index contributed by atoms with van der Waals surface area (Å²) in [6.45, 7) is 6.01. The molecule has 0 aliphatic carbocycles. The smallest absolute Gasteiger partial charge is 0.223 e. The minimum Gasteiger partial charge on any atom is -0.469 e. The van der Waals surface area contributed by atoms with Gasteiger partial charge in [0.25, 0.3) is 0 Å². The lowest BCUT2D eigenvalue weighted by molar-refractivity contribution is -0.125. The number of hydrogen-bond donors (Lipinski definition) is 1. The number of amides is 1. The quantitative estimate of drug-likeness (QED) is 0.805. The van der Waals surface area contributed by atoms with E-state index in [4.69, 9.17) is 4.42 Å². The molecule has 90 valence electrons. The number of aryl methyl sites for hydroxylation is 1. The minimum absolute atomic E-state index is 0.103. The summed E-state index contributed by atoms with van der Waals surface area (Å²) in [5, 5.41) is 3.01. The summed E-state index contributed by atoms with van der Waals surface area (Å²) >= 11 is 0. The SMILES string of the molecule is CC[C@H](C)C(=O)N[C@@H](C)CCc1ccco1. The van der Waals surface area contributed by atoms with Crippen molar-refractivity contribution in [3.8, 4) is 0 Å². The van der Waals surface area contributed by atoms with E-state index in [1.54, 1.807) is 6.26 Å². The average molecular weight is 223 g/mol. The first kappa shape index (κ1) is 12.8. The van der Waals surface area contributed by atoms with Crippen LogP contribution in [0.2, 0.25) is 0 Å². The van der Waals surface area contributed by atoms with E-state index in [1.165, 1.54) is 0 Å². The number of hydrogen-bond acceptors (Lipinski definition) is 2. The fourth-order valence-corrected chi connectivity index (χ4v) is 1.46. The highest BCUT2D eigenvalue weighted by Crippen LogP contribution is 2.07. The standard InChI is InChI=1S/C13H21NO2/c1-4-10(2)13(15)14-11(3)7-8-12-6-5-9-16-12/h5-6,9-11H,4,7-8H2,1-3H3,(H,14,15)/t10-,11-/m0/s1. The van der Waals surface area contributed by atoms with Gasteiger partial charge in [-0.3, -0.25) is 4.79 Å². The molecule has 3 heteroatoms. The molecule has 0 radical (unpaired) electrons. The summed E-state index contributed by atoms with van der Waals surface area (Å²) in [5.74, 6) is 1.23. The first-order valence-corrected chi connectivity index (χ1v) is 5.96. The van der Waals surface area contributed by atoms with Crippen molar-refractivity contribution in [2.45, 2.75) is 46.1 Å². The third-order valence-electron chi connectivity index (χ3n) is 2.85. The Morgan fingerprint density at radius 2 is 2.25 bits per heavy atom. The average Bonchev–Trinajstić information content (AvgIpc) is 2.78. The summed E-state index contributed by atoms with van der Waals surface area (Å²) in [6, 6.07) is 4.05. The maximum atomic E-state index is 11.6. The van der Waals surface area contributed by atoms with Gasteiger partial charge in [0, 0.05) is 18.4 Å². The molecular formula is C13H21NO2. The molecule has 0 saturated carbocycles. The summed E-state index contributed by atoms with van der Waals surface area (Å²) < 4.78 is 5.24. The molecule has 1 N–H and O–H groups in total. The van der Waals surface area contributed by atoms with Crippen LogP contribution in [0, 0.1) is 5.92 Å². The van der Waals surface area contributed by atoms with Gasteiger partial charge in [-0.2, -0.15) is 0 Å². The Morgan fingerprint density at radius 3 is 2.81 bits per heavy atom. The van der Waals surface area contributed by atoms with Gasteiger partial charge in [-0.05, 0) is 31.9 Å². The van der Waals surface area contributed by atoms with Crippen molar-refractivity contribution in [1.29, 1.82) is 0 Å².